The van der Waals surface area contributed by atoms with Gasteiger partial charge in [0.15, 0.2) is 0 Å². The number of amides is 1. The van der Waals surface area contributed by atoms with Crippen LogP contribution in [-0.2, 0) is 4.79 Å². The summed E-state index contributed by atoms with van der Waals surface area (Å²) in [6, 6.07) is 13.8. The third kappa shape index (κ3) is 3.72. The highest BCUT2D eigenvalue weighted by molar-refractivity contribution is 5.91. The van der Waals surface area contributed by atoms with Gasteiger partial charge in [-0.25, -0.2) is 4.98 Å². The Hall–Kier alpha value is -2.66. The summed E-state index contributed by atoms with van der Waals surface area (Å²) in [7, 11) is 0. The van der Waals surface area contributed by atoms with Gasteiger partial charge in [0.05, 0.1) is 5.69 Å². The summed E-state index contributed by atoms with van der Waals surface area (Å²) in [6.45, 7) is 2.02. The van der Waals surface area contributed by atoms with Crippen molar-refractivity contribution in [1.82, 2.24) is 14.7 Å². The van der Waals surface area contributed by atoms with Crippen molar-refractivity contribution in [3.63, 3.8) is 0 Å². The van der Waals surface area contributed by atoms with Crippen LogP contribution in [0, 0.1) is 5.92 Å². The maximum atomic E-state index is 12.2. The molecule has 0 radical (unpaired) electrons. The maximum absolute atomic E-state index is 12.2. The lowest BCUT2D eigenvalue weighted by Gasteiger charge is -2.22. The van der Waals surface area contributed by atoms with Crippen molar-refractivity contribution >= 4 is 17.2 Å². The summed E-state index contributed by atoms with van der Waals surface area (Å²) in [6.07, 6.45) is 6.87. The van der Waals surface area contributed by atoms with E-state index in [1.54, 1.807) is 0 Å². The number of hydrogen-bond acceptors (Lipinski definition) is 3. The number of aromatic nitrogens is 2. The van der Waals surface area contributed by atoms with Gasteiger partial charge < -0.3 is 15.0 Å². The number of fused-ring (bicyclic) bond motifs is 1. The largest absolute Gasteiger partial charge is 0.326 e. The lowest BCUT2D eigenvalue weighted by molar-refractivity contribution is -0.117. The van der Waals surface area contributed by atoms with Gasteiger partial charge in [-0.05, 0) is 56.1 Å². The van der Waals surface area contributed by atoms with E-state index in [2.05, 4.69) is 15.6 Å². The minimum atomic E-state index is 0.0918. The van der Waals surface area contributed by atoms with Crippen LogP contribution >= 0.6 is 0 Å². The quantitative estimate of drug-likeness (QED) is 0.769. The lowest BCUT2D eigenvalue weighted by atomic mass is 9.96. The SMILES string of the molecule is O=C(CC1CCCNC1)Nc1ccc(-c2cn3ccccc3n2)cc1. The summed E-state index contributed by atoms with van der Waals surface area (Å²) in [5, 5.41) is 6.35. The molecular weight excluding hydrogens is 312 g/mol. The number of nitrogens with zero attached hydrogens (tertiary/aromatic N) is 2. The standard InChI is InChI=1S/C20H22N4O/c25-20(12-15-4-3-10-21-13-15)22-17-8-6-16(7-9-17)18-14-24-11-2-1-5-19(24)23-18/h1-2,5-9,11,14-15,21H,3-4,10,12-13H2,(H,22,25). The minimum absolute atomic E-state index is 0.0918. The molecule has 1 saturated heterocycles. The molecule has 0 bridgehead atoms. The third-order valence-corrected chi connectivity index (χ3v) is 4.70. The Morgan fingerprint density at radius 1 is 1.24 bits per heavy atom. The normalized spacial score (nSPS) is 17.5. The van der Waals surface area contributed by atoms with Gasteiger partial charge in [0.2, 0.25) is 5.91 Å². The van der Waals surface area contributed by atoms with Gasteiger partial charge >= 0.3 is 0 Å². The van der Waals surface area contributed by atoms with Crippen molar-refractivity contribution in [2.75, 3.05) is 18.4 Å². The van der Waals surface area contributed by atoms with Crippen LogP contribution in [0.15, 0.2) is 54.9 Å². The Labute approximate surface area is 147 Å². The second-order valence-corrected chi connectivity index (χ2v) is 6.63. The first-order valence-electron chi connectivity index (χ1n) is 8.83. The second-order valence-electron chi connectivity index (χ2n) is 6.63. The van der Waals surface area contributed by atoms with E-state index in [4.69, 9.17) is 0 Å². The molecule has 0 spiro atoms. The number of pyridine rings is 1. The average molecular weight is 334 g/mol. The average Bonchev–Trinajstić information content (AvgIpc) is 3.07. The molecule has 0 saturated carbocycles. The fraction of sp³-hybridized carbons (Fsp3) is 0.300. The number of piperidine rings is 1. The molecule has 1 fully saturated rings. The van der Waals surface area contributed by atoms with Crippen molar-refractivity contribution < 1.29 is 4.79 Å². The molecule has 4 rings (SSSR count). The molecule has 3 aromatic rings. The Morgan fingerprint density at radius 3 is 2.88 bits per heavy atom. The Bertz CT molecular complexity index is 830. The number of carbonyl (C=O) groups excluding carboxylic acids is 1. The van der Waals surface area contributed by atoms with Crippen molar-refractivity contribution in [3.05, 3.63) is 54.9 Å². The Morgan fingerprint density at radius 2 is 2.12 bits per heavy atom. The molecule has 25 heavy (non-hydrogen) atoms. The smallest absolute Gasteiger partial charge is 0.224 e. The highest BCUT2D eigenvalue weighted by Gasteiger charge is 2.16. The Kier molecular flexibility index (Phi) is 4.48. The topological polar surface area (TPSA) is 58.4 Å². The van der Waals surface area contributed by atoms with Crippen LogP contribution < -0.4 is 10.6 Å². The maximum Gasteiger partial charge on any atom is 0.224 e. The fourth-order valence-corrected chi connectivity index (χ4v) is 3.37. The second kappa shape index (κ2) is 7.07. The minimum Gasteiger partial charge on any atom is -0.326 e. The molecule has 1 unspecified atom stereocenters. The summed E-state index contributed by atoms with van der Waals surface area (Å²) in [5.41, 5.74) is 3.73. The molecule has 128 valence electrons. The molecule has 5 heteroatoms. The van der Waals surface area contributed by atoms with Crippen LogP contribution in [0.2, 0.25) is 0 Å². The molecular formula is C20H22N4O. The van der Waals surface area contributed by atoms with E-state index in [1.165, 1.54) is 0 Å². The van der Waals surface area contributed by atoms with Crippen molar-refractivity contribution in [2.45, 2.75) is 19.3 Å². The zero-order chi connectivity index (χ0) is 17.1. The Balaban J connectivity index is 1.41. The molecule has 5 nitrogen and oxygen atoms in total. The predicted molar refractivity (Wildman–Crippen MR) is 99.5 cm³/mol. The molecule has 1 aliphatic rings. The van der Waals surface area contributed by atoms with Gasteiger partial charge in [-0.2, -0.15) is 0 Å². The van der Waals surface area contributed by atoms with Crippen molar-refractivity contribution in [1.29, 1.82) is 0 Å². The predicted octanol–water partition coefficient (Wildman–Crippen LogP) is 3.33. The van der Waals surface area contributed by atoms with E-state index in [0.717, 1.165) is 48.5 Å². The molecule has 2 N–H and O–H groups in total. The van der Waals surface area contributed by atoms with Crippen molar-refractivity contribution in [2.24, 2.45) is 5.92 Å². The first kappa shape index (κ1) is 15.8. The highest BCUT2D eigenvalue weighted by atomic mass is 16.1. The van der Waals surface area contributed by atoms with Gasteiger partial charge in [-0.3, -0.25) is 4.79 Å². The number of imidazole rings is 1. The zero-order valence-electron chi connectivity index (χ0n) is 14.1. The highest BCUT2D eigenvalue weighted by Crippen LogP contribution is 2.22. The molecule has 0 aliphatic carbocycles. The van der Waals surface area contributed by atoms with Gasteiger partial charge in [-0.15, -0.1) is 0 Å². The number of anilines is 1. The summed E-state index contributed by atoms with van der Waals surface area (Å²) < 4.78 is 2.00. The first-order chi connectivity index (χ1) is 12.3. The zero-order valence-corrected chi connectivity index (χ0v) is 14.1. The van der Waals surface area contributed by atoms with Crippen LogP contribution in [0.25, 0.3) is 16.9 Å². The van der Waals surface area contributed by atoms with Crippen LogP contribution in [0.1, 0.15) is 19.3 Å². The summed E-state index contributed by atoms with van der Waals surface area (Å²) in [4.78, 5) is 16.8. The van der Waals surface area contributed by atoms with Crippen LogP contribution in [0.3, 0.4) is 0 Å². The number of benzene rings is 1. The van der Waals surface area contributed by atoms with Crippen LogP contribution in [0.5, 0.6) is 0 Å². The number of nitrogens with one attached hydrogen (secondary N) is 2. The number of hydrogen-bond donors (Lipinski definition) is 2. The first-order valence-corrected chi connectivity index (χ1v) is 8.83. The fourth-order valence-electron chi connectivity index (χ4n) is 3.37. The summed E-state index contributed by atoms with van der Waals surface area (Å²) in [5.74, 6) is 0.542. The van der Waals surface area contributed by atoms with Gasteiger partial charge in [0, 0.05) is 30.1 Å². The molecule has 1 aromatic carbocycles. The third-order valence-electron chi connectivity index (χ3n) is 4.70. The number of rotatable bonds is 4. The lowest BCUT2D eigenvalue weighted by Crippen LogP contribution is -2.32. The van der Waals surface area contributed by atoms with Gasteiger partial charge in [0.1, 0.15) is 5.65 Å². The molecule has 3 heterocycles. The van der Waals surface area contributed by atoms with E-state index in [1.807, 2.05) is 59.3 Å². The van der Waals surface area contributed by atoms with E-state index < -0.39 is 0 Å². The van der Waals surface area contributed by atoms with Crippen molar-refractivity contribution in [3.8, 4) is 11.3 Å². The van der Waals surface area contributed by atoms with Gasteiger partial charge in [-0.1, -0.05) is 18.2 Å². The molecule has 1 aliphatic heterocycles. The van der Waals surface area contributed by atoms with Crippen LogP contribution in [-0.4, -0.2) is 28.4 Å². The molecule has 1 atom stereocenters. The summed E-state index contributed by atoms with van der Waals surface area (Å²) >= 11 is 0. The van der Waals surface area contributed by atoms with Gasteiger partial charge in [0.25, 0.3) is 0 Å². The molecule has 2 aromatic heterocycles. The van der Waals surface area contributed by atoms with Crippen LogP contribution in [0.4, 0.5) is 5.69 Å². The van der Waals surface area contributed by atoms with E-state index in [-0.39, 0.29) is 5.91 Å². The monoisotopic (exact) mass is 334 g/mol. The van der Waals surface area contributed by atoms with E-state index >= 15 is 0 Å². The van der Waals surface area contributed by atoms with E-state index in [9.17, 15) is 4.79 Å². The molecule has 1 amide bonds. The van der Waals surface area contributed by atoms with E-state index in [0.29, 0.717) is 12.3 Å². The number of carbonyl (C=O) groups is 1.